The molecule has 2 rings (SSSR count). The van der Waals surface area contributed by atoms with E-state index >= 15 is 0 Å². The van der Waals surface area contributed by atoms with Crippen molar-refractivity contribution in [1.29, 1.82) is 0 Å². The van der Waals surface area contributed by atoms with Gasteiger partial charge in [0, 0.05) is 6.20 Å². The zero-order chi connectivity index (χ0) is 10.1. The van der Waals surface area contributed by atoms with Crippen molar-refractivity contribution in [2.24, 2.45) is 0 Å². The fraction of sp³-hybridized carbons (Fsp3) is 0.444. The first-order valence-corrected chi connectivity index (χ1v) is 4.59. The second kappa shape index (κ2) is 7.21. The summed E-state index contributed by atoms with van der Waals surface area (Å²) in [4.78, 5) is 0. The van der Waals surface area contributed by atoms with Crippen LogP contribution in [0.2, 0.25) is 0 Å². The number of fused-ring (bicyclic) bond motifs is 1. The van der Waals surface area contributed by atoms with Crippen molar-refractivity contribution in [3.63, 3.8) is 0 Å². The zero-order valence-electron chi connectivity index (χ0n) is 8.60. The van der Waals surface area contributed by atoms with Crippen LogP contribution in [0.15, 0.2) is 24.4 Å². The fourth-order valence-corrected chi connectivity index (χ4v) is 0.689. The highest BCUT2D eigenvalue weighted by Gasteiger charge is 1.88. The molecule has 4 heteroatoms. The number of hydrogen-bond donors (Lipinski definition) is 0. The van der Waals surface area contributed by atoms with E-state index in [0.29, 0.717) is 0 Å². The lowest BCUT2D eigenvalue weighted by Crippen LogP contribution is -1.83. The third-order valence-corrected chi connectivity index (χ3v) is 1.10. The molecule has 13 heavy (non-hydrogen) atoms. The van der Waals surface area contributed by atoms with Crippen molar-refractivity contribution >= 4 is 5.65 Å². The molecular formula is C9H16N4. The van der Waals surface area contributed by atoms with Crippen LogP contribution < -0.4 is 0 Å². The van der Waals surface area contributed by atoms with Crippen LogP contribution in [-0.4, -0.2) is 20.0 Å². The summed E-state index contributed by atoms with van der Waals surface area (Å²) in [7, 11) is 0. The van der Waals surface area contributed by atoms with Crippen molar-refractivity contribution in [3.8, 4) is 0 Å². The van der Waals surface area contributed by atoms with E-state index in [9.17, 15) is 0 Å². The zero-order valence-corrected chi connectivity index (χ0v) is 8.60. The Kier molecular flexibility index (Phi) is 6.41. The number of aromatic nitrogens is 4. The van der Waals surface area contributed by atoms with E-state index < -0.39 is 0 Å². The Morgan fingerprint density at radius 2 is 1.77 bits per heavy atom. The number of tetrazole rings is 1. The molecule has 2 aromatic heterocycles. The fourth-order valence-electron chi connectivity index (χ4n) is 0.689. The third kappa shape index (κ3) is 3.19. The number of pyridine rings is 1. The minimum atomic E-state index is 0.775. The SMILES string of the molecule is CC.CC.c1ccn2nnnc2c1. The Balaban J connectivity index is 0.000000322. The molecule has 0 atom stereocenters. The highest BCUT2D eigenvalue weighted by atomic mass is 15.5. The highest BCUT2D eigenvalue weighted by Crippen LogP contribution is 1.91. The maximum Gasteiger partial charge on any atom is 0.179 e. The van der Waals surface area contributed by atoms with Gasteiger partial charge in [0.05, 0.1) is 0 Å². The molecule has 0 aliphatic carbocycles. The molecule has 4 nitrogen and oxygen atoms in total. The van der Waals surface area contributed by atoms with E-state index in [1.165, 1.54) is 0 Å². The molecular weight excluding hydrogens is 164 g/mol. The normalized spacial score (nSPS) is 8.00. The first kappa shape index (κ1) is 11.6. The number of nitrogens with zero attached hydrogens (tertiary/aromatic N) is 4. The minimum Gasteiger partial charge on any atom is -0.201 e. The van der Waals surface area contributed by atoms with Crippen LogP contribution in [0.5, 0.6) is 0 Å². The molecule has 0 unspecified atom stereocenters. The highest BCUT2D eigenvalue weighted by molar-refractivity contribution is 5.33. The van der Waals surface area contributed by atoms with E-state index in [2.05, 4.69) is 15.5 Å². The summed E-state index contributed by atoms with van der Waals surface area (Å²) in [6, 6.07) is 5.62. The Morgan fingerprint density at radius 1 is 1.08 bits per heavy atom. The Hall–Kier alpha value is -1.45. The number of rotatable bonds is 0. The Morgan fingerprint density at radius 3 is 2.38 bits per heavy atom. The molecule has 72 valence electrons. The maximum absolute atomic E-state index is 3.72. The third-order valence-electron chi connectivity index (χ3n) is 1.10. The van der Waals surface area contributed by atoms with Crippen molar-refractivity contribution in [2.45, 2.75) is 27.7 Å². The summed E-state index contributed by atoms with van der Waals surface area (Å²) >= 11 is 0. The first-order chi connectivity index (χ1) is 6.47. The standard InChI is InChI=1S/C5H4N4.2C2H6/c1-2-4-9-5(3-1)6-7-8-9;2*1-2/h1-4H;2*1-2H3. The van der Waals surface area contributed by atoms with E-state index in [1.54, 1.807) is 10.7 Å². The lowest BCUT2D eigenvalue weighted by molar-refractivity contribution is 0.823. The van der Waals surface area contributed by atoms with Gasteiger partial charge in [0.1, 0.15) is 0 Å². The molecule has 0 N–H and O–H groups in total. The van der Waals surface area contributed by atoms with Crippen LogP contribution >= 0.6 is 0 Å². The molecule has 0 aromatic carbocycles. The molecule has 0 radical (unpaired) electrons. The molecule has 0 saturated carbocycles. The molecule has 2 heterocycles. The summed E-state index contributed by atoms with van der Waals surface area (Å²) in [5.74, 6) is 0. The molecule has 0 fully saturated rings. The van der Waals surface area contributed by atoms with Gasteiger partial charge >= 0.3 is 0 Å². The minimum absolute atomic E-state index is 0.775. The lowest BCUT2D eigenvalue weighted by Gasteiger charge is -1.82. The maximum atomic E-state index is 3.72. The predicted molar refractivity (Wildman–Crippen MR) is 53.5 cm³/mol. The van der Waals surface area contributed by atoms with Gasteiger partial charge in [-0.25, -0.2) is 4.52 Å². The molecule has 0 aliphatic rings. The summed E-state index contributed by atoms with van der Waals surface area (Å²) < 4.78 is 1.61. The largest absolute Gasteiger partial charge is 0.201 e. The monoisotopic (exact) mass is 180 g/mol. The predicted octanol–water partition coefficient (Wildman–Crippen LogP) is 2.18. The van der Waals surface area contributed by atoms with Gasteiger partial charge in [-0.15, -0.1) is 5.10 Å². The quantitative estimate of drug-likeness (QED) is 0.624. The smallest absolute Gasteiger partial charge is 0.179 e. The number of hydrogen-bond acceptors (Lipinski definition) is 3. The van der Waals surface area contributed by atoms with Crippen molar-refractivity contribution < 1.29 is 0 Å². The van der Waals surface area contributed by atoms with Crippen molar-refractivity contribution in [2.75, 3.05) is 0 Å². The van der Waals surface area contributed by atoms with Crippen LogP contribution in [0.4, 0.5) is 0 Å². The second-order valence-corrected chi connectivity index (χ2v) is 1.68. The van der Waals surface area contributed by atoms with E-state index in [1.807, 2.05) is 45.9 Å². The summed E-state index contributed by atoms with van der Waals surface area (Å²) in [6.07, 6.45) is 1.80. The summed E-state index contributed by atoms with van der Waals surface area (Å²) in [6.45, 7) is 8.00. The topological polar surface area (TPSA) is 43.1 Å². The van der Waals surface area contributed by atoms with Gasteiger partial charge in [-0.05, 0) is 22.6 Å². The van der Waals surface area contributed by atoms with Gasteiger partial charge < -0.3 is 0 Å². The van der Waals surface area contributed by atoms with Gasteiger partial charge in [0.2, 0.25) is 0 Å². The first-order valence-electron chi connectivity index (χ1n) is 4.59. The molecule has 0 saturated heterocycles. The summed E-state index contributed by atoms with van der Waals surface area (Å²) in [5, 5.41) is 10.9. The van der Waals surface area contributed by atoms with Crippen LogP contribution in [0.25, 0.3) is 5.65 Å². The Bertz CT molecular complexity index is 286. The molecule has 0 spiro atoms. The molecule has 0 bridgehead atoms. The van der Waals surface area contributed by atoms with E-state index in [4.69, 9.17) is 0 Å². The van der Waals surface area contributed by atoms with Crippen molar-refractivity contribution in [3.05, 3.63) is 24.4 Å². The van der Waals surface area contributed by atoms with E-state index in [0.717, 1.165) is 5.65 Å². The van der Waals surface area contributed by atoms with Gasteiger partial charge in [0.25, 0.3) is 0 Å². The van der Waals surface area contributed by atoms with Crippen LogP contribution in [0.1, 0.15) is 27.7 Å². The van der Waals surface area contributed by atoms with Crippen LogP contribution in [-0.2, 0) is 0 Å². The molecule has 0 amide bonds. The van der Waals surface area contributed by atoms with Crippen LogP contribution in [0.3, 0.4) is 0 Å². The second-order valence-electron chi connectivity index (χ2n) is 1.68. The van der Waals surface area contributed by atoms with Crippen molar-refractivity contribution in [1.82, 2.24) is 20.0 Å². The Labute approximate surface area is 78.6 Å². The van der Waals surface area contributed by atoms with Gasteiger partial charge in [0.15, 0.2) is 5.65 Å². The average molecular weight is 180 g/mol. The van der Waals surface area contributed by atoms with Crippen LogP contribution in [0, 0.1) is 0 Å². The van der Waals surface area contributed by atoms with Gasteiger partial charge in [-0.2, -0.15) is 0 Å². The van der Waals surface area contributed by atoms with Gasteiger partial charge in [-0.1, -0.05) is 33.8 Å². The van der Waals surface area contributed by atoms with Gasteiger partial charge in [-0.3, -0.25) is 0 Å². The van der Waals surface area contributed by atoms with E-state index in [-0.39, 0.29) is 0 Å². The average Bonchev–Trinajstić information content (AvgIpc) is 2.71. The lowest BCUT2D eigenvalue weighted by atomic mass is 10.5. The molecule has 0 aliphatic heterocycles. The summed E-state index contributed by atoms with van der Waals surface area (Å²) in [5.41, 5.74) is 0.775. The molecule has 2 aromatic rings.